The van der Waals surface area contributed by atoms with Gasteiger partial charge in [0, 0.05) is 25.4 Å². The van der Waals surface area contributed by atoms with Gasteiger partial charge in [0.25, 0.3) is 0 Å². The molecule has 1 aliphatic rings. The van der Waals surface area contributed by atoms with Crippen molar-refractivity contribution in [2.75, 3.05) is 31.2 Å². The summed E-state index contributed by atoms with van der Waals surface area (Å²) in [6, 6.07) is 5.88. The lowest BCUT2D eigenvalue weighted by molar-refractivity contribution is -0.141. The molecule has 0 radical (unpaired) electrons. The van der Waals surface area contributed by atoms with Crippen LogP contribution in [0.25, 0.3) is 11.5 Å². The monoisotopic (exact) mass is 368 g/mol. The molecule has 1 atom stereocenters. The van der Waals surface area contributed by atoms with E-state index in [-0.39, 0.29) is 36.7 Å². The molecular formula is C17H19F3N4O2. The molecule has 0 amide bonds. The molecule has 3 rings (SSSR count). The van der Waals surface area contributed by atoms with E-state index in [9.17, 15) is 13.2 Å². The molecule has 0 bridgehead atoms. The summed E-state index contributed by atoms with van der Waals surface area (Å²) in [7, 11) is 0. The normalized spacial score (nSPS) is 18.2. The molecule has 26 heavy (non-hydrogen) atoms. The van der Waals surface area contributed by atoms with E-state index < -0.39 is 11.9 Å². The largest absolute Gasteiger partial charge is 0.433 e. The highest BCUT2D eigenvalue weighted by Gasteiger charge is 2.35. The minimum atomic E-state index is -4.58. The second-order valence-corrected chi connectivity index (χ2v) is 5.95. The second kappa shape index (κ2) is 7.96. The minimum absolute atomic E-state index is 0.0613. The van der Waals surface area contributed by atoms with Gasteiger partial charge in [-0.05, 0) is 25.0 Å². The number of hydrogen-bond acceptors (Lipinski definition) is 6. The second-order valence-electron chi connectivity index (χ2n) is 5.95. The Kier molecular flexibility index (Phi) is 5.67. The van der Waals surface area contributed by atoms with Gasteiger partial charge in [0.15, 0.2) is 11.5 Å². The van der Waals surface area contributed by atoms with Gasteiger partial charge in [-0.1, -0.05) is 6.07 Å². The Balaban J connectivity index is 1.93. The molecule has 1 aliphatic heterocycles. The van der Waals surface area contributed by atoms with Crippen molar-refractivity contribution in [2.45, 2.75) is 25.1 Å². The number of nitrogens with zero attached hydrogens (tertiary/aromatic N) is 4. The SMILES string of the molecule is OCCO[C@H]1CCCN(c2cc(C(F)(F)F)nc(-c3ccccn3)n2)C1. The highest BCUT2D eigenvalue weighted by atomic mass is 19.4. The quantitative estimate of drug-likeness (QED) is 0.875. The van der Waals surface area contributed by atoms with Gasteiger partial charge < -0.3 is 14.7 Å². The predicted octanol–water partition coefficient (Wildman–Crippen LogP) is 2.54. The van der Waals surface area contributed by atoms with Crippen LogP contribution in [0.3, 0.4) is 0 Å². The molecule has 0 saturated carbocycles. The Morgan fingerprint density at radius 2 is 2.12 bits per heavy atom. The Morgan fingerprint density at radius 3 is 2.81 bits per heavy atom. The van der Waals surface area contributed by atoms with Crippen molar-refractivity contribution >= 4 is 5.82 Å². The summed E-state index contributed by atoms with van der Waals surface area (Å²) < 4.78 is 45.4. The summed E-state index contributed by atoms with van der Waals surface area (Å²) in [4.78, 5) is 13.8. The Morgan fingerprint density at radius 1 is 1.27 bits per heavy atom. The van der Waals surface area contributed by atoms with Gasteiger partial charge in [0.2, 0.25) is 0 Å². The first-order chi connectivity index (χ1) is 12.5. The van der Waals surface area contributed by atoms with Gasteiger partial charge in [0.05, 0.1) is 19.3 Å². The number of aliphatic hydroxyl groups excluding tert-OH is 1. The van der Waals surface area contributed by atoms with Crippen LogP contribution in [-0.2, 0) is 10.9 Å². The summed E-state index contributed by atoms with van der Waals surface area (Å²) in [5.41, 5.74) is -0.716. The molecule has 140 valence electrons. The highest BCUT2D eigenvalue weighted by Crippen LogP contribution is 2.32. The average Bonchev–Trinajstić information content (AvgIpc) is 2.66. The zero-order chi connectivity index (χ0) is 18.6. The van der Waals surface area contributed by atoms with Crippen LogP contribution >= 0.6 is 0 Å². The Labute approximate surface area is 148 Å². The van der Waals surface area contributed by atoms with E-state index in [0.717, 1.165) is 18.9 Å². The number of rotatable bonds is 5. The standard InChI is InChI=1S/C17H19F3N4O2/c18-17(19,20)14-10-15(23-16(22-14)13-5-1-2-6-21-13)24-7-3-4-12(11-24)26-9-8-25/h1-2,5-6,10,12,25H,3-4,7-9,11H2/t12-/m0/s1. The Bertz CT molecular complexity index is 728. The van der Waals surface area contributed by atoms with E-state index >= 15 is 0 Å². The van der Waals surface area contributed by atoms with Crippen LogP contribution in [-0.4, -0.2) is 52.5 Å². The fourth-order valence-corrected chi connectivity index (χ4v) is 2.85. The van der Waals surface area contributed by atoms with Gasteiger partial charge in [-0.3, -0.25) is 4.98 Å². The van der Waals surface area contributed by atoms with Gasteiger partial charge in [-0.25, -0.2) is 9.97 Å². The van der Waals surface area contributed by atoms with Crippen molar-refractivity contribution in [1.29, 1.82) is 0 Å². The molecule has 2 aromatic rings. The van der Waals surface area contributed by atoms with Crippen molar-refractivity contribution in [3.8, 4) is 11.5 Å². The number of halogens is 3. The van der Waals surface area contributed by atoms with Crippen molar-refractivity contribution in [3.05, 3.63) is 36.2 Å². The molecule has 1 fully saturated rings. The summed E-state index contributed by atoms with van der Waals surface area (Å²) in [6.45, 7) is 1.10. The van der Waals surface area contributed by atoms with Crippen molar-refractivity contribution in [2.24, 2.45) is 0 Å². The predicted molar refractivity (Wildman–Crippen MR) is 88.5 cm³/mol. The van der Waals surface area contributed by atoms with E-state index in [2.05, 4.69) is 15.0 Å². The minimum Gasteiger partial charge on any atom is -0.394 e. The van der Waals surface area contributed by atoms with Crippen LogP contribution in [0.1, 0.15) is 18.5 Å². The average molecular weight is 368 g/mol. The molecule has 1 saturated heterocycles. The molecule has 1 N–H and O–H groups in total. The van der Waals surface area contributed by atoms with E-state index in [0.29, 0.717) is 13.1 Å². The van der Waals surface area contributed by atoms with Crippen molar-refractivity contribution in [3.63, 3.8) is 0 Å². The fraction of sp³-hybridized carbons (Fsp3) is 0.471. The smallest absolute Gasteiger partial charge is 0.394 e. The summed E-state index contributed by atoms with van der Waals surface area (Å²) in [5.74, 6) is 0.138. The number of alkyl halides is 3. The van der Waals surface area contributed by atoms with Crippen LogP contribution in [0.2, 0.25) is 0 Å². The van der Waals surface area contributed by atoms with Gasteiger partial charge in [-0.15, -0.1) is 0 Å². The van der Waals surface area contributed by atoms with E-state index in [1.165, 1.54) is 6.20 Å². The zero-order valence-corrected chi connectivity index (χ0v) is 14.0. The number of anilines is 1. The lowest BCUT2D eigenvalue weighted by Gasteiger charge is -2.33. The van der Waals surface area contributed by atoms with Crippen molar-refractivity contribution < 1.29 is 23.0 Å². The van der Waals surface area contributed by atoms with Crippen LogP contribution in [0, 0.1) is 0 Å². The lowest BCUT2D eigenvalue weighted by atomic mass is 10.1. The summed E-state index contributed by atoms with van der Waals surface area (Å²) in [6.07, 6.45) is -1.69. The maximum atomic E-state index is 13.3. The highest BCUT2D eigenvalue weighted by molar-refractivity contribution is 5.54. The zero-order valence-electron chi connectivity index (χ0n) is 14.0. The number of hydrogen-bond donors (Lipinski definition) is 1. The third kappa shape index (κ3) is 4.47. The number of pyridine rings is 1. The summed E-state index contributed by atoms with van der Waals surface area (Å²) in [5, 5.41) is 8.88. The molecular weight excluding hydrogens is 349 g/mol. The molecule has 0 aliphatic carbocycles. The van der Waals surface area contributed by atoms with E-state index in [1.54, 1.807) is 23.1 Å². The third-order valence-corrected chi connectivity index (χ3v) is 4.04. The lowest BCUT2D eigenvalue weighted by Crippen LogP contribution is -2.40. The number of piperidine rings is 1. The number of aliphatic hydroxyl groups is 1. The first-order valence-electron chi connectivity index (χ1n) is 8.32. The maximum absolute atomic E-state index is 13.3. The third-order valence-electron chi connectivity index (χ3n) is 4.04. The topological polar surface area (TPSA) is 71.4 Å². The Hall–Kier alpha value is -2.26. The van der Waals surface area contributed by atoms with Crippen LogP contribution in [0.4, 0.5) is 19.0 Å². The van der Waals surface area contributed by atoms with Crippen molar-refractivity contribution in [1.82, 2.24) is 15.0 Å². The molecule has 0 unspecified atom stereocenters. The molecule has 0 spiro atoms. The van der Waals surface area contributed by atoms with Crippen LogP contribution < -0.4 is 4.90 Å². The molecule has 6 nitrogen and oxygen atoms in total. The molecule has 2 aromatic heterocycles. The number of ether oxygens (including phenoxy) is 1. The van der Waals surface area contributed by atoms with E-state index in [4.69, 9.17) is 9.84 Å². The van der Waals surface area contributed by atoms with Crippen LogP contribution in [0.15, 0.2) is 30.5 Å². The van der Waals surface area contributed by atoms with Crippen LogP contribution in [0.5, 0.6) is 0 Å². The first-order valence-corrected chi connectivity index (χ1v) is 8.32. The van der Waals surface area contributed by atoms with Gasteiger partial charge >= 0.3 is 6.18 Å². The first kappa shape index (κ1) is 18.5. The summed E-state index contributed by atoms with van der Waals surface area (Å²) >= 11 is 0. The maximum Gasteiger partial charge on any atom is 0.433 e. The number of aromatic nitrogens is 3. The molecule has 9 heteroatoms. The molecule has 3 heterocycles. The fourth-order valence-electron chi connectivity index (χ4n) is 2.85. The van der Waals surface area contributed by atoms with Gasteiger partial charge in [0.1, 0.15) is 11.5 Å². The molecule has 0 aromatic carbocycles. The van der Waals surface area contributed by atoms with E-state index in [1.807, 2.05) is 0 Å². The van der Waals surface area contributed by atoms with Gasteiger partial charge in [-0.2, -0.15) is 13.2 Å².